The first-order chi connectivity index (χ1) is 11.1. The fraction of sp³-hybridized carbons (Fsp3) is 0.500. The lowest BCUT2D eigenvalue weighted by atomic mass is 9.93. The van der Waals surface area contributed by atoms with Gasteiger partial charge in [0.25, 0.3) is 11.5 Å². The van der Waals surface area contributed by atoms with Gasteiger partial charge >= 0.3 is 5.69 Å². The molecular weight excluding hydrogens is 381 g/mol. The SMILES string of the molecule is CN(CC(C)(C)CN)C(=O)c1cnc2c(c1)c(=O)n(C)c(=O)n2C.Cl.Cl. The number of carbonyl (C=O) groups is 1. The Morgan fingerprint density at radius 1 is 1.23 bits per heavy atom. The molecule has 26 heavy (non-hydrogen) atoms. The Labute approximate surface area is 163 Å². The van der Waals surface area contributed by atoms with Gasteiger partial charge in [-0.05, 0) is 18.0 Å². The molecule has 10 heteroatoms. The van der Waals surface area contributed by atoms with Gasteiger partial charge in [0, 0.05) is 33.9 Å². The summed E-state index contributed by atoms with van der Waals surface area (Å²) in [5.41, 5.74) is 5.12. The molecule has 0 aromatic carbocycles. The van der Waals surface area contributed by atoms with E-state index in [0.29, 0.717) is 18.7 Å². The number of hydrogen-bond donors (Lipinski definition) is 1. The second-order valence-corrected chi connectivity index (χ2v) is 6.83. The predicted octanol–water partition coefficient (Wildman–Crippen LogP) is 0.533. The van der Waals surface area contributed by atoms with Gasteiger partial charge in [-0.1, -0.05) is 13.8 Å². The number of rotatable bonds is 4. The molecule has 0 saturated carbocycles. The first-order valence-electron chi connectivity index (χ1n) is 7.60. The Bertz CT molecular complexity index is 920. The molecule has 2 aromatic heterocycles. The molecule has 2 aromatic rings. The van der Waals surface area contributed by atoms with E-state index in [1.165, 1.54) is 30.9 Å². The van der Waals surface area contributed by atoms with Gasteiger partial charge in [0.2, 0.25) is 0 Å². The minimum Gasteiger partial charge on any atom is -0.341 e. The maximum absolute atomic E-state index is 12.6. The van der Waals surface area contributed by atoms with Crippen LogP contribution in [0.2, 0.25) is 0 Å². The number of nitrogens with zero attached hydrogens (tertiary/aromatic N) is 4. The predicted molar refractivity (Wildman–Crippen MR) is 107 cm³/mol. The average molecular weight is 406 g/mol. The van der Waals surface area contributed by atoms with Crippen molar-refractivity contribution in [2.75, 3.05) is 20.1 Å². The molecule has 146 valence electrons. The minimum atomic E-state index is -0.472. The number of hydrogen-bond acceptors (Lipinski definition) is 5. The second-order valence-electron chi connectivity index (χ2n) is 6.83. The molecule has 0 bridgehead atoms. The van der Waals surface area contributed by atoms with Crippen molar-refractivity contribution in [2.24, 2.45) is 25.2 Å². The van der Waals surface area contributed by atoms with Crippen LogP contribution < -0.4 is 17.0 Å². The Kier molecular flexibility index (Phi) is 8.02. The number of halogens is 2. The number of aromatic nitrogens is 3. The normalized spacial score (nSPS) is 10.8. The summed E-state index contributed by atoms with van der Waals surface area (Å²) in [5, 5.41) is 0.233. The topological polar surface area (TPSA) is 103 Å². The zero-order valence-corrected chi connectivity index (χ0v) is 17.1. The highest BCUT2D eigenvalue weighted by molar-refractivity contribution is 5.96. The lowest BCUT2D eigenvalue weighted by molar-refractivity contribution is 0.0740. The van der Waals surface area contributed by atoms with Crippen LogP contribution in [0.1, 0.15) is 24.2 Å². The second kappa shape index (κ2) is 8.66. The van der Waals surface area contributed by atoms with Crippen molar-refractivity contribution in [1.82, 2.24) is 19.0 Å². The molecular formula is C16H25Cl2N5O3. The summed E-state index contributed by atoms with van der Waals surface area (Å²) >= 11 is 0. The number of carbonyl (C=O) groups excluding carboxylic acids is 1. The highest BCUT2D eigenvalue weighted by atomic mass is 35.5. The van der Waals surface area contributed by atoms with Gasteiger partial charge in [-0.15, -0.1) is 24.8 Å². The van der Waals surface area contributed by atoms with Crippen LogP contribution in [0.3, 0.4) is 0 Å². The number of amides is 1. The van der Waals surface area contributed by atoms with Crippen LogP contribution in [0.25, 0.3) is 11.0 Å². The van der Waals surface area contributed by atoms with Crippen LogP contribution in [0.4, 0.5) is 0 Å². The van der Waals surface area contributed by atoms with Crippen LogP contribution in [-0.4, -0.2) is 45.1 Å². The maximum Gasteiger partial charge on any atom is 0.332 e. The van der Waals surface area contributed by atoms with Crippen molar-refractivity contribution >= 4 is 41.8 Å². The molecule has 0 atom stereocenters. The Morgan fingerprint density at radius 2 is 1.81 bits per heavy atom. The van der Waals surface area contributed by atoms with Crippen LogP contribution in [0, 0.1) is 5.41 Å². The summed E-state index contributed by atoms with van der Waals surface area (Å²) in [6.45, 7) is 4.87. The van der Waals surface area contributed by atoms with E-state index in [4.69, 9.17) is 5.73 Å². The van der Waals surface area contributed by atoms with E-state index >= 15 is 0 Å². The molecule has 2 rings (SSSR count). The molecule has 0 fully saturated rings. The quantitative estimate of drug-likeness (QED) is 0.798. The van der Waals surface area contributed by atoms with Gasteiger partial charge in [0.05, 0.1) is 10.9 Å². The van der Waals surface area contributed by atoms with Crippen molar-refractivity contribution in [1.29, 1.82) is 0 Å². The van der Waals surface area contributed by atoms with E-state index < -0.39 is 11.2 Å². The van der Waals surface area contributed by atoms with Crippen LogP contribution in [0.15, 0.2) is 21.9 Å². The zero-order valence-electron chi connectivity index (χ0n) is 15.5. The average Bonchev–Trinajstić information content (AvgIpc) is 2.56. The van der Waals surface area contributed by atoms with Crippen molar-refractivity contribution in [3.8, 4) is 0 Å². The van der Waals surface area contributed by atoms with Crippen molar-refractivity contribution in [2.45, 2.75) is 13.8 Å². The van der Waals surface area contributed by atoms with E-state index in [2.05, 4.69) is 4.98 Å². The summed E-state index contributed by atoms with van der Waals surface area (Å²) in [4.78, 5) is 42.5. The Balaban J connectivity index is 0.00000312. The lowest BCUT2D eigenvalue weighted by Crippen LogP contribution is -2.40. The number of pyridine rings is 1. The number of nitrogens with two attached hydrogens (primary N) is 1. The molecule has 0 aliphatic carbocycles. The van der Waals surface area contributed by atoms with Gasteiger partial charge in [0.1, 0.15) is 5.65 Å². The van der Waals surface area contributed by atoms with Crippen molar-refractivity contribution < 1.29 is 4.79 Å². The summed E-state index contributed by atoms with van der Waals surface area (Å²) < 4.78 is 2.28. The highest BCUT2D eigenvalue weighted by Crippen LogP contribution is 2.16. The molecule has 2 N–H and O–H groups in total. The smallest absolute Gasteiger partial charge is 0.332 e. The first-order valence-corrected chi connectivity index (χ1v) is 7.60. The Hall–Kier alpha value is -1.90. The monoisotopic (exact) mass is 405 g/mol. The minimum absolute atomic E-state index is 0. The van der Waals surface area contributed by atoms with Crippen LogP contribution in [-0.2, 0) is 14.1 Å². The largest absolute Gasteiger partial charge is 0.341 e. The molecule has 1 amide bonds. The third-order valence-electron chi connectivity index (χ3n) is 4.10. The van der Waals surface area contributed by atoms with Crippen LogP contribution in [0.5, 0.6) is 0 Å². The molecule has 0 spiro atoms. The van der Waals surface area contributed by atoms with E-state index in [0.717, 1.165) is 4.57 Å². The zero-order chi connectivity index (χ0) is 18.2. The molecule has 2 heterocycles. The lowest BCUT2D eigenvalue weighted by Gasteiger charge is -2.29. The maximum atomic E-state index is 12.6. The third kappa shape index (κ3) is 4.44. The van der Waals surface area contributed by atoms with Gasteiger partial charge in [-0.3, -0.25) is 18.7 Å². The van der Waals surface area contributed by atoms with Gasteiger partial charge in [-0.2, -0.15) is 0 Å². The fourth-order valence-electron chi connectivity index (χ4n) is 2.58. The highest BCUT2D eigenvalue weighted by Gasteiger charge is 2.23. The molecule has 0 radical (unpaired) electrons. The molecule has 0 aliphatic rings. The standard InChI is InChI=1S/C16H23N5O3.2ClH/c1-16(2,8-17)9-19(3)13(22)10-6-11-12(18-7-10)20(4)15(24)21(5)14(11)23;;/h6-7H,8-9,17H2,1-5H3;2*1H. The summed E-state index contributed by atoms with van der Waals surface area (Å²) in [5.74, 6) is -0.248. The summed E-state index contributed by atoms with van der Waals surface area (Å²) in [7, 11) is 4.62. The fourth-order valence-corrected chi connectivity index (χ4v) is 2.58. The van der Waals surface area contributed by atoms with E-state index in [1.54, 1.807) is 11.9 Å². The van der Waals surface area contributed by atoms with Gasteiger partial charge < -0.3 is 10.6 Å². The van der Waals surface area contributed by atoms with E-state index in [1.807, 2.05) is 13.8 Å². The van der Waals surface area contributed by atoms with Crippen LogP contribution >= 0.6 is 24.8 Å². The first kappa shape index (κ1) is 24.1. The van der Waals surface area contributed by atoms with E-state index in [9.17, 15) is 14.4 Å². The van der Waals surface area contributed by atoms with Gasteiger partial charge in [0.15, 0.2) is 0 Å². The third-order valence-corrected chi connectivity index (χ3v) is 4.10. The summed E-state index contributed by atoms with van der Waals surface area (Å²) in [6.07, 6.45) is 1.38. The number of aryl methyl sites for hydroxylation is 1. The van der Waals surface area contributed by atoms with E-state index in [-0.39, 0.29) is 47.2 Å². The number of fused-ring (bicyclic) bond motifs is 1. The molecule has 0 saturated heterocycles. The molecule has 0 unspecified atom stereocenters. The van der Waals surface area contributed by atoms with Crippen molar-refractivity contribution in [3.05, 3.63) is 38.7 Å². The van der Waals surface area contributed by atoms with Crippen molar-refractivity contribution in [3.63, 3.8) is 0 Å². The van der Waals surface area contributed by atoms with Gasteiger partial charge in [-0.25, -0.2) is 9.78 Å². The molecule has 0 aliphatic heterocycles. The molecule has 8 nitrogen and oxygen atoms in total. The Morgan fingerprint density at radius 3 is 2.35 bits per heavy atom. The summed E-state index contributed by atoms with van der Waals surface area (Å²) in [6, 6.07) is 1.48.